The maximum absolute atomic E-state index is 12.6. The second kappa shape index (κ2) is 4.97. The number of amides is 1. The van der Waals surface area contributed by atoms with E-state index in [1.165, 1.54) is 11.1 Å². The SMILES string of the molecule is CC1CCN(C(=O)C2Cc3ccccc32)CC1CN. The van der Waals surface area contributed by atoms with E-state index >= 15 is 0 Å². The highest BCUT2D eigenvalue weighted by Gasteiger charge is 2.37. The summed E-state index contributed by atoms with van der Waals surface area (Å²) in [6.07, 6.45) is 2.00. The second-order valence-electron chi connectivity index (χ2n) is 6.00. The van der Waals surface area contributed by atoms with Crippen LogP contribution in [-0.2, 0) is 11.2 Å². The van der Waals surface area contributed by atoms with Crippen LogP contribution in [0.3, 0.4) is 0 Å². The molecule has 1 heterocycles. The summed E-state index contributed by atoms with van der Waals surface area (Å²) >= 11 is 0. The molecule has 3 unspecified atom stereocenters. The van der Waals surface area contributed by atoms with E-state index in [1.54, 1.807) is 0 Å². The summed E-state index contributed by atoms with van der Waals surface area (Å²) in [5.41, 5.74) is 8.38. The first-order chi connectivity index (χ1) is 9.20. The Morgan fingerprint density at radius 1 is 1.42 bits per heavy atom. The molecule has 102 valence electrons. The molecule has 1 amide bonds. The third-order valence-electron chi connectivity index (χ3n) is 4.88. The summed E-state index contributed by atoms with van der Waals surface area (Å²) in [5, 5.41) is 0. The fourth-order valence-corrected chi connectivity index (χ4v) is 3.36. The lowest BCUT2D eigenvalue weighted by Crippen LogP contribution is -2.48. The molecular formula is C16H22N2O. The van der Waals surface area contributed by atoms with Crippen molar-refractivity contribution >= 4 is 5.91 Å². The van der Waals surface area contributed by atoms with Gasteiger partial charge in [0.2, 0.25) is 5.91 Å². The van der Waals surface area contributed by atoms with E-state index in [9.17, 15) is 4.79 Å². The summed E-state index contributed by atoms with van der Waals surface area (Å²) in [4.78, 5) is 14.6. The van der Waals surface area contributed by atoms with Crippen molar-refractivity contribution in [3.05, 3.63) is 35.4 Å². The standard InChI is InChI=1S/C16H22N2O/c1-11-6-7-18(10-13(11)9-17)16(19)15-8-12-4-2-3-5-14(12)15/h2-5,11,13,15H,6-10,17H2,1H3. The first-order valence-electron chi connectivity index (χ1n) is 7.27. The molecule has 1 aromatic carbocycles. The fraction of sp³-hybridized carbons (Fsp3) is 0.562. The Labute approximate surface area is 114 Å². The zero-order chi connectivity index (χ0) is 13.4. The molecule has 0 spiro atoms. The number of piperidine rings is 1. The van der Waals surface area contributed by atoms with Crippen molar-refractivity contribution in [3.63, 3.8) is 0 Å². The van der Waals surface area contributed by atoms with E-state index in [0.29, 0.717) is 24.3 Å². The maximum atomic E-state index is 12.6. The summed E-state index contributed by atoms with van der Waals surface area (Å²) in [5.74, 6) is 1.52. The number of carbonyl (C=O) groups is 1. The van der Waals surface area contributed by atoms with Crippen molar-refractivity contribution < 1.29 is 4.79 Å². The van der Waals surface area contributed by atoms with Gasteiger partial charge in [-0.15, -0.1) is 0 Å². The van der Waals surface area contributed by atoms with Gasteiger partial charge in [0.05, 0.1) is 5.92 Å². The molecule has 1 saturated heterocycles. The van der Waals surface area contributed by atoms with E-state index in [1.807, 2.05) is 17.0 Å². The van der Waals surface area contributed by atoms with Crippen molar-refractivity contribution in [1.82, 2.24) is 4.90 Å². The van der Waals surface area contributed by atoms with Gasteiger partial charge in [-0.05, 0) is 42.3 Å². The van der Waals surface area contributed by atoms with Crippen LogP contribution in [0.2, 0.25) is 0 Å². The van der Waals surface area contributed by atoms with Gasteiger partial charge in [-0.1, -0.05) is 31.2 Å². The summed E-state index contributed by atoms with van der Waals surface area (Å²) < 4.78 is 0. The molecule has 19 heavy (non-hydrogen) atoms. The quantitative estimate of drug-likeness (QED) is 0.878. The Kier molecular flexibility index (Phi) is 3.31. The number of fused-ring (bicyclic) bond motifs is 1. The minimum Gasteiger partial charge on any atom is -0.342 e. The highest BCUT2D eigenvalue weighted by atomic mass is 16.2. The molecular weight excluding hydrogens is 236 g/mol. The van der Waals surface area contributed by atoms with Crippen LogP contribution in [0.15, 0.2) is 24.3 Å². The molecule has 1 fully saturated rings. The minimum absolute atomic E-state index is 0.100. The van der Waals surface area contributed by atoms with E-state index in [-0.39, 0.29) is 5.92 Å². The Bertz CT molecular complexity index is 485. The van der Waals surface area contributed by atoms with Crippen molar-refractivity contribution in [1.29, 1.82) is 0 Å². The molecule has 3 heteroatoms. The second-order valence-corrected chi connectivity index (χ2v) is 6.00. The van der Waals surface area contributed by atoms with Crippen LogP contribution in [-0.4, -0.2) is 30.4 Å². The number of carbonyl (C=O) groups excluding carboxylic acids is 1. The van der Waals surface area contributed by atoms with E-state index < -0.39 is 0 Å². The first kappa shape index (κ1) is 12.7. The lowest BCUT2D eigenvalue weighted by Gasteiger charge is -2.40. The summed E-state index contributed by atoms with van der Waals surface area (Å²) in [7, 11) is 0. The van der Waals surface area contributed by atoms with E-state index in [4.69, 9.17) is 5.73 Å². The van der Waals surface area contributed by atoms with E-state index in [0.717, 1.165) is 25.9 Å². The van der Waals surface area contributed by atoms with Gasteiger partial charge in [-0.2, -0.15) is 0 Å². The molecule has 0 aromatic heterocycles. The van der Waals surface area contributed by atoms with Gasteiger partial charge in [-0.25, -0.2) is 0 Å². The highest BCUT2D eigenvalue weighted by molar-refractivity contribution is 5.87. The van der Waals surface area contributed by atoms with Crippen molar-refractivity contribution in [2.45, 2.75) is 25.7 Å². The molecule has 3 rings (SSSR count). The van der Waals surface area contributed by atoms with E-state index in [2.05, 4.69) is 19.1 Å². The highest BCUT2D eigenvalue weighted by Crippen LogP contribution is 2.37. The van der Waals surface area contributed by atoms with Crippen LogP contribution >= 0.6 is 0 Å². The van der Waals surface area contributed by atoms with Crippen LogP contribution < -0.4 is 5.73 Å². The largest absolute Gasteiger partial charge is 0.342 e. The third-order valence-corrected chi connectivity index (χ3v) is 4.88. The van der Waals surface area contributed by atoms with Gasteiger partial charge < -0.3 is 10.6 Å². The molecule has 2 aliphatic rings. The molecule has 0 radical (unpaired) electrons. The number of likely N-dealkylation sites (tertiary alicyclic amines) is 1. The Morgan fingerprint density at radius 3 is 2.95 bits per heavy atom. The van der Waals surface area contributed by atoms with Crippen molar-refractivity contribution in [2.75, 3.05) is 19.6 Å². The molecule has 1 aliphatic carbocycles. The predicted molar refractivity (Wildman–Crippen MR) is 75.8 cm³/mol. The summed E-state index contributed by atoms with van der Waals surface area (Å²) in [6, 6.07) is 8.29. The monoisotopic (exact) mass is 258 g/mol. The van der Waals surface area contributed by atoms with Gasteiger partial charge in [0.25, 0.3) is 0 Å². The molecule has 0 saturated carbocycles. The average Bonchev–Trinajstić information content (AvgIpc) is 2.40. The minimum atomic E-state index is 0.100. The zero-order valence-corrected chi connectivity index (χ0v) is 11.5. The Morgan fingerprint density at radius 2 is 2.21 bits per heavy atom. The van der Waals surface area contributed by atoms with Crippen LogP contribution in [0.1, 0.15) is 30.4 Å². The predicted octanol–water partition coefficient (Wildman–Crippen LogP) is 1.77. The van der Waals surface area contributed by atoms with Gasteiger partial charge in [0.1, 0.15) is 0 Å². The van der Waals surface area contributed by atoms with Gasteiger partial charge in [0, 0.05) is 13.1 Å². The number of benzene rings is 1. The molecule has 3 nitrogen and oxygen atoms in total. The van der Waals surface area contributed by atoms with Crippen LogP contribution in [0.25, 0.3) is 0 Å². The fourth-order valence-electron chi connectivity index (χ4n) is 3.36. The lowest BCUT2D eigenvalue weighted by molar-refractivity contribution is -0.135. The number of hydrogen-bond acceptors (Lipinski definition) is 2. The number of rotatable bonds is 2. The van der Waals surface area contributed by atoms with Crippen LogP contribution in [0, 0.1) is 11.8 Å². The normalized spacial score (nSPS) is 29.6. The maximum Gasteiger partial charge on any atom is 0.230 e. The molecule has 0 bridgehead atoms. The molecule has 3 atom stereocenters. The van der Waals surface area contributed by atoms with Gasteiger partial charge in [-0.3, -0.25) is 4.79 Å². The first-order valence-corrected chi connectivity index (χ1v) is 7.27. The van der Waals surface area contributed by atoms with Crippen molar-refractivity contribution in [3.8, 4) is 0 Å². The van der Waals surface area contributed by atoms with Gasteiger partial charge in [0.15, 0.2) is 0 Å². The van der Waals surface area contributed by atoms with Crippen LogP contribution in [0.4, 0.5) is 0 Å². The smallest absolute Gasteiger partial charge is 0.230 e. The molecule has 1 aliphatic heterocycles. The lowest BCUT2D eigenvalue weighted by atomic mass is 9.76. The average molecular weight is 258 g/mol. The number of nitrogens with zero attached hydrogens (tertiary/aromatic N) is 1. The van der Waals surface area contributed by atoms with Crippen LogP contribution in [0.5, 0.6) is 0 Å². The third kappa shape index (κ3) is 2.16. The number of hydrogen-bond donors (Lipinski definition) is 1. The van der Waals surface area contributed by atoms with Crippen molar-refractivity contribution in [2.24, 2.45) is 17.6 Å². The Hall–Kier alpha value is -1.35. The molecule has 2 N–H and O–H groups in total. The number of nitrogens with two attached hydrogens (primary N) is 1. The topological polar surface area (TPSA) is 46.3 Å². The Balaban J connectivity index is 1.69. The van der Waals surface area contributed by atoms with Gasteiger partial charge >= 0.3 is 0 Å². The zero-order valence-electron chi connectivity index (χ0n) is 11.5. The molecule has 1 aromatic rings. The summed E-state index contributed by atoms with van der Waals surface area (Å²) in [6.45, 7) is 4.68.